The third kappa shape index (κ3) is 2.19. The maximum Gasteiger partial charge on any atom is 0.137 e. The van der Waals surface area contributed by atoms with Crippen molar-refractivity contribution in [3.8, 4) is 0 Å². The lowest BCUT2D eigenvalue weighted by atomic mass is 10.1. The van der Waals surface area contributed by atoms with Gasteiger partial charge in [0.15, 0.2) is 0 Å². The first kappa shape index (κ1) is 11.8. The third-order valence-corrected chi connectivity index (χ3v) is 3.61. The second kappa shape index (κ2) is 4.76. The number of benzene rings is 1. The summed E-state index contributed by atoms with van der Waals surface area (Å²) in [4.78, 5) is 7.50. The maximum absolute atomic E-state index is 4.31. The lowest BCUT2D eigenvalue weighted by Gasteiger charge is -2.10. The van der Waals surface area contributed by atoms with Crippen molar-refractivity contribution in [1.29, 1.82) is 0 Å². The van der Waals surface area contributed by atoms with Crippen LogP contribution in [0.25, 0.3) is 11.0 Å². The summed E-state index contributed by atoms with van der Waals surface area (Å²) in [6, 6.07) is 10.4. The minimum atomic E-state index is 0.802. The SMILES string of the molecule is Cc1cccc(NCc2c[nH]c3ncccc23)c1C. The molecule has 3 heteroatoms. The van der Waals surface area contributed by atoms with E-state index < -0.39 is 0 Å². The van der Waals surface area contributed by atoms with Crippen LogP contribution in [0.15, 0.2) is 42.7 Å². The molecule has 2 N–H and O–H groups in total. The first-order valence-electron chi connectivity index (χ1n) is 6.47. The molecule has 0 aliphatic heterocycles. The largest absolute Gasteiger partial charge is 0.381 e. The molecule has 0 spiro atoms. The van der Waals surface area contributed by atoms with E-state index in [1.807, 2.05) is 12.3 Å². The molecule has 0 fully saturated rings. The summed E-state index contributed by atoms with van der Waals surface area (Å²) in [5, 5.41) is 4.68. The van der Waals surface area contributed by atoms with E-state index in [0.29, 0.717) is 0 Å². The zero-order valence-corrected chi connectivity index (χ0v) is 11.2. The Hall–Kier alpha value is -2.29. The van der Waals surface area contributed by atoms with Crippen molar-refractivity contribution in [3.63, 3.8) is 0 Å². The summed E-state index contributed by atoms with van der Waals surface area (Å²) in [5.41, 5.74) is 5.99. The van der Waals surface area contributed by atoms with Gasteiger partial charge in [0.2, 0.25) is 0 Å². The van der Waals surface area contributed by atoms with Crippen molar-refractivity contribution < 1.29 is 0 Å². The van der Waals surface area contributed by atoms with Gasteiger partial charge in [-0.15, -0.1) is 0 Å². The van der Waals surface area contributed by atoms with Crippen molar-refractivity contribution in [1.82, 2.24) is 9.97 Å². The number of aryl methyl sites for hydroxylation is 1. The minimum Gasteiger partial charge on any atom is -0.381 e. The quantitative estimate of drug-likeness (QED) is 0.743. The number of hydrogen-bond donors (Lipinski definition) is 2. The highest BCUT2D eigenvalue weighted by molar-refractivity contribution is 5.79. The number of aromatic nitrogens is 2. The monoisotopic (exact) mass is 251 g/mol. The van der Waals surface area contributed by atoms with Crippen molar-refractivity contribution >= 4 is 16.7 Å². The summed E-state index contributed by atoms with van der Waals surface area (Å²) in [6.45, 7) is 5.08. The Labute approximate surface area is 112 Å². The fourth-order valence-corrected chi connectivity index (χ4v) is 2.29. The summed E-state index contributed by atoms with van der Waals surface area (Å²) >= 11 is 0. The first-order chi connectivity index (χ1) is 9.25. The molecule has 0 aliphatic carbocycles. The Kier molecular flexibility index (Phi) is 2.95. The molecule has 0 unspecified atom stereocenters. The van der Waals surface area contributed by atoms with Gasteiger partial charge in [-0.3, -0.25) is 0 Å². The van der Waals surface area contributed by atoms with Crippen LogP contribution in [0.3, 0.4) is 0 Å². The van der Waals surface area contributed by atoms with E-state index in [-0.39, 0.29) is 0 Å². The van der Waals surface area contributed by atoms with E-state index in [4.69, 9.17) is 0 Å². The van der Waals surface area contributed by atoms with E-state index in [0.717, 1.165) is 12.2 Å². The molecule has 0 saturated carbocycles. The highest BCUT2D eigenvalue weighted by Crippen LogP contribution is 2.21. The molecule has 0 radical (unpaired) electrons. The van der Waals surface area contributed by atoms with Gasteiger partial charge in [0, 0.05) is 30.0 Å². The van der Waals surface area contributed by atoms with Crippen LogP contribution in [0.5, 0.6) is 0 Å². The molecule has 0 amide bonds. The van der Waals surface area contributed by atoms with E-state index in [9.17, 15) is 0 Å². The predicted octanol–water partition coefficient (Wildman–Crippen LogP) is 3.79. The maximum atomic E-state index is 4.31. The normalized spacial score (nSPS) is 10.8. The standard InChI is InChI=1S/C16H17N3/c1-11-5-3-7-15(12(11)2)18-9-13-10-19-16-14(13)6-4-8-17-16/h3-8,10,18H,9H2,1-2H3,(H,17,19). The molecule has 3 aromatic rings. The predicted molar refractivity (Wildman–Crippen MR) is 79.3 cm³/mol. The topological polar surface area (TPSA) is 40.7 Å². The van der Waals surface area contributed by atoms with E-state index in [1.54, 1.807) is 6.20 Å². The molecular formula is C16H17N3. The Morgan fingerprint density at radius 3 is 2.95 bits per heavy atom. The third-order valence-electron chi connectivity index (χ3n) is 3.61. The fourth-order valence-electron chi connectivity index (χ4n) is 2.29. The molecule has 3 nitrogen and oxygen atoms in total. The lowest BCUT2D eigenvalue weighted by Crippen LogP contribution is -2.01. The number of fused-ring (bicyclic) bond motifs is 1. The highest BCUT2D eigenvalue weighted by atomic mass is 14.9. The van der Waals surface area contributed by atoms with Crippen LogP contribution in [0, 0.1) is 13.8 Å². The van der Waals surface area contributed by atoms with Gasteiger partial charge >= 0.3 is 0 Å². The van der Waals surface area contributed by atoms with E-state index in [1.165, 1.54) is 27.8 Å². The summed E-state index contributed by atoms with van der Waals surface area (Å²) in [7, 11) is 0. The highest BCUT2D eigenvalue weighted by Gasteiger charge is 2.05. The van der Waals surface area contributed by atoms with Gasteiger partial charge in [-0.05, 0) is 48.7 Å². The molecule has 0 aliphatic rings. The second-order valence-corrected chi connectivity index (χ2v) is 4.81. The number of anilines is 1. The number of nitrogens with one attached hydrogen (secondary N) is 2. The van der Waals surface area contributed by atoms with Crippen LogP contribution < -0.4 is 5.32 Å². The number of H-pyrrole nitrogens is 1. The molecule has 19 heavy (non-hydrogen) atoms. The average molecular weight is 251 g/mol. The van der Waals surface area contributed by atoms with Gasteiger partial charge < -0.3 is 10.3 Å². The molecule has 1 aromatic carbocycles. The van der Waals surface area contributed by atoms with Crippen molar-refractivity contribution in [2.45, 2.75) is 20.4 Å². The number of aromatic amines is 1. The first-order valence-corrected chi connectivity index (χ1v) is 6.47. The van der Waals surface area contributed by atoms with Gasteiger partial charge in [0.1, 0.15) is 5.65 Å². The van der Waals surface area contributed by atoms with Crippen LogP contribution >= 0.6 is 0 Å². The van der Waals surface area contributed by atoms with Crippen LogP contribution in [0.2, 0.25) is 0 Å². The Balaban J connectivity index is 1.84. The van der Waals surface area contributed by atoms with E-state index >= 15 is 0 Å². The number of nitrogens with zero attached hydrogens (tertiary/aromatic N) is 1. The molecule has 2 heterocycles. The second-order valence-electron chi connectivity index (χ2n) is 4.81. The summed E-state index contributed by atoms with van der Waals surface area (Å²) in [5.74, 6) is 0. The molecule has 0 atom stereocenters. The minimum absolute atomic E-state index is 0.802. The van der Waals surface area contributed by atoms with Crippen LogP contribution in [0.1, 0.15) is 16.7 Å². The van der Waals surface area contributed by atoms with Crippen LogP contribution in [-0.2, 0) is 6.54 Å². The van der Waals surface area contributed by atoms with Crippen LogP contribution in [-0.4, -0.2) is 9.97 Å². The van der Waals surface area contributed by atoms with Gasteiger partial charge in [-0.1, -0.05) is 12.1 Å². The molecule has 2 aromatic heterocycles. The van der Waals surface area contributed by atoms with Crippen molar-refractivity contribution in [3.05, 3.63) is 59.4 Å². The lowest BCUT2D eigenvalue weighted by molar-refractivity contribution is 1.15. The average Bonchev–Trinajstić information content (AvgIpc) is 2.84. The molecule has 0 saturated heterocycles. The number of pyridine rings is 1. The Morgan fingerprint density at radius 2 is 2.05 bits per heavy atom. The fraction of sp³-hybridized carbons (Fsp3) is 0.188. The number of hydrogen-bond acceptors (Lipinski definition) is 2. The van der Waals surface area contributed by atoms with Crippen LogP contribution in [0.4, 0.5) is 5.69 Å². The van der Waals surface area contributed by atoms with Gasteiger partial charge in [0.25, 0.3) is 0 Å². The Bertz CT molecular complexity index is 713. The van der Waals surface area contributed by atoms with Crippen molar-refractivity contribution in [2.24, 2.45) is 0 Å². The molecule has 96 valence electrons. The van der Waals surface area contributed by atoms with Crippen molar-refractivity contribution in [2.75, 3.05) is 5.32 Å². The van der Waals surface area contributed by atoms with E-state index in [2.05, 4.69) is 53.4 Å². The van der Waals surface area contributed by atoms with Gasteiger partial charge in [0.05, 0.1) is 0 Å². The zero-order chi connectivity index (χ0) is 13.2. The summed E-state index contributed by atoms with van der Waals surface area (Å²) < 4.78 is 0. The Morgan fingerprint density at radius 1 is 1.16 bits per heavy atom. The molecule has 3 rings (SSSR count). The molecule has 0 bridgehead atoms. The van der Waals surface area contributed by atoms with Gasteiger partial charge in [-0.25, -0.2) is 4.98 Å². The van der Waals surface area contributed by atoms with Gasteiger partial charge in [-0.2, -0.15) is 0 Å². The smallest absolute Gasteiger partial charge is 0.137 e. The zero-order valence-electron chi connectivity index (χ0n) is 11.2. The number of rotatable bonds is 3. The summed E-state index contributed by atoms with van der Waals surface area (Å²) in [6.07, 6.45) is 3.83. The molecular weight excluding hydrogens is 234 g/mol.